The number of aliphatic hydroxyl groups is 1. The molecule has 0 spiro atoms. The summed E-state index contributed by atoms with van der Waals surface area (Å²) in [5.74, 6) is 0.0247. The number of nitrogen functional groups attached to an aromatic ring is 1. The topological polar surface area (TPSA) is 124 Å². The number of likely N-dealkylation sites (tertiary alicyclic amines) is 1. The van der Waals surface area contributed by atoms with Gasteiger partial charge in [-0.3, -0.25) is 14.6 Å². The molecule has 0 aromatic carbocycles. The van der Waals surface area contributed by atoms with E-state index in [1.807, 2.05) is 6.07 Å². The van der Waals surface area contributed by atoms with Crippen molar-refractivity contribution < 1.29 is 9.90 Å². The number of hydrogen-bond acceptors (Lipinski definition) is 9. The maximum atomic E-state index is 12.3. The van der Waals surface area contributed by atoms with Crippen LogP contribution in [0.1, 0.15) is 48.7 Å². The van der Waals surface area contributed by atoms with Crippen LogP contribution in [-0.2, 0) is 6.54 Å². The lowest BCUT2D eigenvalue weighted by molar-refractivity contribution is 0.0589. The monoisotopic (exact) mass is 584 g/mol. The van der Waals surface area contributed by atoms with E-state index in [4.69, 9.17) is 45.6 Å². The number of halogens is 3. The summed E-state index contributed by atoms with van der Waals surface area (Å²) in [4.78, 5) is 32.3. The zero-order valence-electron chi connectivity index (χ0n) is 21.5. The van der Waals surface area contributed by atoms with Crippen LogP contribution in [0, 0.1) is 0 Å². The molecular weight excluding hydrogens is 551 g/mol. The molecule has 1 atom stereocenters. The molecule has 1 amide bonds. The van der Waals surface area contributed by atoms with Crippen molar-refractivity contribution in [3.05, 3.63) is 38.8 Å². The summed E-state index contributed by atoms with van der Waals surface area (Å²) in [6.45, 7) is 7.29. The van der Waals surface area contributed by atoms with Crippen LogP contribution < -0.4 is 16.0 Å². The van der Waals surface area contributed by atoms with Crippen LogP contribution in [0.4, 0.5) is 11.6 Å². The minimum Gasteiger partial charge on any atom is -0.395 e. The molecule has 10 nitrogen and oxygen atoms in total. The molecule has 2 aromatic heterocycles. The first kappa shape index (κ1) is 29.0. The number of hydrogen-bond donors (Lipinski definition) is 3. The van der Waals surface area contributed by atoms with Crippen LogP contribution >= 0.6 is 34.8 Å². The maximum Gasteiger partial charge on any atom is 0.273 e. The number of nitrogens with one attached hydrogen (secondary N) is 1. The number of carbonyl (C=O) groups excluding carboxylic acids is 1. The summed E-state index contributed by atoms with van der Waals surface area (Å²) < 4.78 is 0. The van der Waals surface area contributed by atoms with Gasteiger partial charge in [0, 0.05) is 50.4 Å². The molecule has 2 aliphatic rings. The Morgan fingerprint density at radius 3 is 2.55 bits per heavy atom. The smallest absolute Gasteiger partial charge is 0.273 e. The highest BCUT2D eigenvalue weighted by Gasteiger charge is 2.35. The molecule has 0 radical (unpaired) electrons. The van der Waals surface area contributed by atoms with Crippen molar-refractivity contribution in [2.24, 2.45) is 0 Å². The molecule has 4 N–H and O–H groups in total. The Hall–Kier alpha value is -1.95. The van der Waals surface area contributed by atoms with Gasteiger partial charge in [0.25, 0.3) is 5.91 Å². The number of piperidine rings is 1. The number of rotatable bonds is 9. The highest BCUT2D eigenvalue weighted by atomic mass is 35.5. The highest BCUT2D eigenvalue weighted by molar-refractivity contribution is 6.33. The van der Waals surface area contributed by atoms with Gasteiger partial charge >= 0.3 is 0 Å². The number of nitrogens with zero attached hydrogens (tertiary/aromatic N) is 6. The third-order valence-corrected chi connectivity index (χ3v) is 8.03. The normalized spacial score (nSPS) is 19.6. The van der Waals surface area contributed by atoms with Gasteiger partial charge in [0.1, 0.15) is 10.3 Å². The fraction of sp³-hybridized carbons (Fsp3) is 0.600. The van der Waals surface area contributed by atoms with E-state index in [0.717, 1.165) is 70.5 Å². The second kappa shape index (κ2) is 13.4. The summed E-state index contributed by atoms with van der Waals surface area (Å²) in [6.07, 6.45) is 4.31. The number of aliphatic hydroxyl groups excluding tert-OH is 1. The van der Waals surface area contributed by atoms with Gasteiger partial charge in [0.2, 0.25) is 0 Å². The van der Waals surface area contributed by atoms with E-state index in [1.165, 1.54) is 0 Å². The van der Waals surface area contributed by atoms with Crippen molar-refractivity contribution >= 4 is 52.3 Å². The van der Waals surface area contributed by atoms with Gasteiger partial charge in [0.05, 0.1) is 6.61 Å². The predicted molar refractivity (Wildman–Crippen MR) is 151 cm³/mol. The van der Waals surface area contributed by atoms with E-state index in [2.05, 4.69) is 41.9 Å². The van der Waals surface area contributed by atoms with Gasteiger partial charge in [0.15, 0.2) is 22.5 Å². The molecule has 2 fully saturated rings. The Bertz CT molecular complexity index is 1120. The van der Waals surface area contributed by atoms with Crippen molar-refractivity contribution in [2.75, 3.05) is 56.5 Å². The van der Waals surface area contributed by atoms with Crippen LogP contribution in [-0.4, -0.2) is 93.7 Å². The zero-order valence-corrected chi connectivity index (χ0v) is 23.8. The quantitative estimate of drug-likeness (QED) is 0.381. The van der Waals surface area contributed by atoms with E-state index in [-0.39, 0.29) is 29.8 Å². The number of pyridine rings is 1. The zero-order chi connectivity index (χ0) is 27.2. The minimum atomic E-state index is -0.507. The average Bonchev–Trinajstić information content (AvgIpc) is 2.90. The first-order valence-corrected chi connectivity index (χ1v) is 14.2. The van der Waals surface area contributed by atoms with Crippen molar-refractivity contribution in [1.29, 1.82) is 0 Å². The van der Waals surface area contributed by atoms with E-state index in [0.29, 0.717) is 28.2 Å². The first-order valence-electron chi connectivity index (χ1n) is 13.1. The highest BCUT2D eigenvalue weighted by Crippen LogP contribution is 2.30. The number of amides is 1. The number of anilines is 2. The Labute approximate surface area is 238 Å². The summed E-state index contributed by atoms with van der Waals surface area (Å²) >= 11 is 18.7. The van der Waals surface area contributed by atoms with Crippen LogP contribution in [0.15, 0.2) is 12.1 Å². The second-order valence-electron chi connectivity index (χ2n) is 9.77. The molecule has 38 heavy (non-hydrogen) atoms. The molecular formula is C25H35Cl3N8O2. The van der Waals surface area contributed by atoms with Gasteiger partial charge in [-0.05, 0) is 38.4 Å². The number of carbonyl (C=O) groups is 1. The van der Waals surface area contributed by atoms with Crippen molar-refractivity contribution in [3.63, 3.8) is 0 Å². The van der Waals surface area contributed by atoms with Crippen molar-refractivity contribution in [2.45, 2.75) is 51.2 Å². The molecule has 208 valence electrons. The van der Waals surface area contributed by atoms with E-state index >= 15 is 0 Å². The summed E-state index contributed by atoms with van der Waals surface area (Å²) in [7, 11) is 0. The number of aromatic nitrogens is 3. The van der Waals surface area contributed by atoms with Gasteiger partial charge in [-0.1, -0.05) is 54.2 Å². The van der Waals surface area contributed by atoms with E-state index in [1.54, 1.807) is 6.07 Å². The third kappa shape index (κ3) is 6.97. The largest absolute Gasteiger partial charge is 0.395 e. The molecule has 0 bridgehead atoms. The molecule has 0 unspecified atom stereocenters. The number of nitrogens with two attached hydrogens (primary N) is 1. The van der Waals surface area contributed by atoms with Gasteiger partial charge in [-0.15, -0.1) is 0 Å². The lowest BCUT2D eigenvalue weighted by atomic mass is 9.97. The van der Waals surface area contributed by atoms with Gasteiger partial charge in [-0.25, -0.2) is 15.0 Å². The average molecular weight is 586 g/mol. The molecule has 2 saturated heterocycles. The Kier molecular flexibility index (Phi) is 10.2. The second-order valence-corrected chi connectivity index (χ2v) is 10.9. The molecule has 0 aliphatic carbocycles. The SMILES string of the molecule is CCC[C@H]1CN(c2nc(N)c(C(=O)NCCO)nc2Cl)CCN1C1CCN(Cc2ccc(Cl)nc2Cl)CC1. The Morgan fingerprint density at radius 1 is 1.11 bits per heavy atom. The lowest BCUT2D eigenvalue weighted by Crippen LogP contribution is -2.58. The minimum absolute atomic E-state index is 0.0256. The van der Waals surface area contributed by atoms with Gasteiger partial charge in [-0.2, -0.15) is 0 Å². The summed E-state index contributed by atoms with van der Waals surface area (Å²) in [6, 6.07) is 4.60. The molecule has 0 saturated carbocycles. The molecule has 4 heterocycles. The van der Waals surface area contributed by atoms with E-state index < -0.39 is 5.91 Å². The summed E-state index contributed by atoms with van der Waals surface area (Å²) in [5, 5.41) is 12.5. The third-order valence-electron chi connectivity index (χ3n) is 7.24. The molecule has 4 rings (SSSR count). The standard InChI is InChI=1S/C25H35Cl3N8O2/c1-2-3-18-15-35(24-22(28)32-20(23(29)33-24)25(38)30-8-13-37)11-12-36(18)17-6-9-34(10-7-17)14-16-4-5-19(26)31-21(16)27/h4-5,17-18,37H,2-3,6-15H2,1H3,(H2,29,33)(H,30,38)/t18-/m0/s1. The Morgan fingerprint density at radius 2 is 1.87 bits per heavy atom. The molecule has 13 heteroatoms. The lowest BCUT2D eigenvalue weighted by Gasteiger charge is -2.48. The first-order chi connectivity index (χ1) is 18.3. The summed E-state index contributed by atoms with van der Waals surface area (Å²) in [5.41, 5.74) is 7.05. The number of piperazine rings is 1. The van der Waals surface area contributed by atoms with Crippen molar-refractivity contribution in [3.8, 4) is 0 Å². The predicted octanol–water partition coefficient (Wildman–Crippen LogP) is 3.09. The molecule has 2 aromatic rings. The van der Waals surface area contributed by atoms with Gasteiger partial charge < -0.3 is 21.1 Å². The Balaban J connectivity index is 1.38. The van der Waals surface area contributed by atoms with Crippen LogP contribution in [0.3, 0.4) is 0 Å². The maximum absolute atomic E-state index is 12.3. The van der Waals surface area contributed by atoms with Crippen LogP contribution in [0.2, 0.25) is 15.5 Å². The van der Waals surface area contributed by atoms with Crippen molar-refractivity contribution in [1.82, 2.24) is 30.1 Å². The van der Waals surface area contributed by atoms with E-state index in [9.17, 15) is 4.79 Å². The van der Waals surface area contributed by atoms with Crippen LogP contribution in [0.25, 0.3) is 0 Å². The fourth-order valence-corrected chi connectivity index (χ4v) is 6.03. The fourth-order valence-electron chi connectivity index (χ4n) is 5.38. The molecule has 2 aliphatic heterocycles. The van der Waals surface area contributed by atoms with Crippen LogP contribution in [0.5, 0.6) is 0 Å².